The number of hydrogen-bond donors (Lipinski definition) is 1. The molecule has 4 nitrogen and oxygen atoms in total. The molecule has 1 unspecified atom stereocenters. The Morgan fingerprint density at radius 3 is 2.95 bits per heavy atom. The van der Waals surface area contributed by atoms with Crippen molar-refractivity contribution in [3.8, 4) is 0 Å². The van der Waals surface area contributed by atoms with Gasteiger partial charge in [0, 0.05) is 36.9 Å². The molecule has 4 heteroatoms. The van der Waals surface area contributed by atoms with E-state index in [1.807, 2.05) is 24.0 Å². The number of carbonyl (C=O) groups is 1. The highest BCUT2D eigenvalue weighted by Gasteiger charge is 2.32. The fraction of sp³-hybridized carbons (Fsp3) is 0.533. The first-order chi connectivity index (χ1) is 9.15. The number of rotatable bonds is 1. The van der Waals surface area contributed by atoms with Crippen molar-refractivity contribution >= 4 is 11.6 Å². The summed E-state index contributed by atoms with van der Waals surface area (Å²) in [5.41, 5.74) is 8.34. The van der Waals surface area contributed by atoms with E-state index in [1.54, 1.807) is 6.07 Å². The summed E-state index contributed by atoms with van der Waals surface area (Å²) in [6, 6.07) is 6.18. The van der Waals surface area contributed by atoms with Crippen molar-refractivity contribution in [3.05, 3.63) is 29.3 Å². The molecule has 0 spiro atoms. The van der Waals surface area contributed by atoms with Crippen LogP contribution in [0.1, 0.15) is 28.8 Å². The van der Waals surface area contributed by atoms with Crippen LogP contribution in [0.2, 0.25) is 0 Å². The molecule has 1 aromatic carbocycles. The molecule has 102 valence electrons. The average Bonchev–Trinajstić information content (AvgIpc) is 2.88. The van der Waals surface area contributed by atoms with E-state index in [9.17, 15) is 4.79 Å². The highest BCUT2D eigenvalue weighted by molar-refractivity contribution is 5.95. The highest BCUT2D eigenvalue weighted by Crippen LogP contribution is 2.23. The van der Waals surface area contributed by atoms with E-state index in [2.05, 4.69) is 4.90 Å². The molecule has 3 rings (SSSR count). The summed E-state index contributed by atoms with van der Waals surface area (Å²) < 4.78 is 0. The fourth-order valence-corrected chi connectivity index (χ4v) is 3.13. The van der Waals surface area contributed by atoms with E-state index in [1.165, 1.54) is 19.4 Å². The number of nitrogens with two attached hydrogens (primary N) is 1. The molecule has 0 saturated carbocycles. The highest BCUT2D eigenvalue weighted by atomic mass is 16.2. The van der Waals surface area contributed by atoms with Crippen LogP contribution in [0.5, 0.6) is 0 Å². The zero-order chi connectivity index (χ0) is 13.4. The van der Waals surface area contributed by atoms with Gasteiger partial charge in [0.25, 0.3) is 5.91 Å². The van der Waals surface area contributed by atoms with E-state index in [-0.39, 0.29) is 5.91 Å². The first-order valence-corrected chi connectivity index (χ1v) is 7.04. The molecule has 1 atom stereocenters. The number of carbonyl (C=O) groups excluding carboxylic acids is 1. The molecular formula is C15H21N3O. The molecule has 1 aromatic rings. The Morgan fingerprint density at radius 1 is 1.32 bits per heavy atom. The molecule has 0 aromatic heterocycles. The Kier molecular flexibility index (Phi) is 3.19. The van der Waals surface area contributed by atoms with Crippen LogP contribution >= 0.6 is 0 Å². The van der Waals surface area contributed by atoms with Gasteiger partial charge in [0.1, 0.15) is 0 Å². The number of benzene rings is 1. The van der Waals surface area contributed by atoms with Crippen LogP contribution in [0.4, 0.5) is 5.69 Å². The molecule has 0 bridgehead atoms. The average molecular weight is 259 g/mol. The van der Waals surface area contributed by atoms with E-state index in [0.29, 0.717) is 11.7 Å². The number of piperazine rings is 1. The smallest absolute Gasteiger partial charge is 0.254 e. The van der Waals surface area contributed by atoms with Crippen molar-refractivity contribution in [2.24, 2.45) is 0 Å². The zero-order valence-electron chi connectivity index (χ0n) is 11.4. The molecule has 19 heavy (non-hydrogen) atoms. The van der Waals surface area contributed by atoms with Gasteiger partial charge in [-0.2, -0.15) is 0 Å². The van der Waals surface area contributed by atoms with Crippen molar-refractivity contribution in [1.29, 1.82) is 0 Å². The molecule has 0 radical (unpaired) electrons. The lowest BCUT2D eigenvalue weighted by Crippen LogP contribution is -2.52. The number of amides is 1. The Bertz CT molecular complexity index is 500. The first-order valence-electron chi connectivity index (χ1n) is 7.04. The van der Waals surface area contributed by atoms with Gasteiger partial charge in [-0.05, 0) is 44.0 Å². The van der Waals surface area contributed by atoms with Gasteiger partial charge >= 0.3 is 0 Å². The van der Waals surface area contributed by atoms with E-state index >= 15 is 0 Å². The van der Waals surface area contributed by atoms with Gasteiger partial charge in [-0.3, -0.25) is 9.69 Å². The van der Waals surface area contributed by atoms with Gasteiger partial charge in [-0.25, -0.2) is 0 Å². The second kappa shape index (κ2) is 4.85. The van der Waals surface area contributed by atoms with Crippen LogP contribution < -0.4 is 5.73 Å². The van der Waals surface area contributed by atoms with Gasteiger partial charge in [0.05, 0.1) is 0 Å². The number of anilines is 1. The quantitative estimate of drug-likeness (QED) is 0.778. The maximum Gasteiger partial charge on any atom is 0.254 e. The van der Waals surface area contributed by atoms with Gasteiger partial charge < -0.3 is 10.6 Å². The number of hydrogen-bond acceptors (Lipinski definition) is 3. The third-order valence-electron chi connectivity index (χ3n) is 4.40. The second-order valence-electron chi connectivity index (χ2n) is 5.65. The van der Waals surface area contributed by atoms with Crippen molar-refractivity contribution < 1.29 is 4.79 Å². The van der Waals surface area contributed by atoms with Crippen molar-refractivity contribution in [3.63, 3.8) is 0 Å². The Labute approximate surface area is 114 Å². The molecule has 1 amide bonds. The van der Waals surface area contributed by atoms with Gasteiger partial charge in [-0.15, -0.1) is 0 Å². The second-order valence-corrected chi connectivity index (χ2v) is 5.65. The topological polar surface area (TPSA) is 49.6 Å². The fourth-order valence-electron chi connectivity index (χ4n) is 3.13. The predicted molar refractivity (Wildman–Crippen MR) is 76.1 cm³/mol. The SMILES string of the molecule is Cc1ccc(C(=O)N2CCN3CCCC3C2)cc1N. The summed E-state index contributed by atoms with van der Waals surface area (Å²) in [5, 5.41) is 0. The summed E-state index contributed by atoms with van der Waals surface area (Å²) in [6.07, 6.45) is 2.49. The first kappa shape index (κ1) is 12.5. The Balaban J connectivity index is 1.74. The molecule has 2 aliphatic rings. The van der Waals surface area contributed by atoms with Crippen LogP contribution in [0.15, 0.2) is 18.2 Å². The largest absolute Gasteiger partial charge is 0.398 e. The third kappa shape index (κ3) is 2.32. The lowest BCUT2D eigenvalue weighted by molar-refractivity contribution is 0.0571. The molecule has 2 fully saturated rings. The Hall–Kier alpha value is -1.55. The van der Waals surface area contributed by atoms with Crippen molar-refractivity contribution in [1.82, 2.24) is 9.80 Å². The summed E-state index contributed by atoms with van der Waals surface area (Å²) in [4.78, 5) is 17.0. The normalized spacial score (nSPS) is 23.4. The molecule has 2 N–H and O–H groups in total. The van der Waals surface area contributed by atoms with Crippen molar-refractivity contribution in [2.75, 3.05) is 31.9 Å². The summed E-state index contributed by atoms with van der Waals surface area (Å²) >= 11 is 0. The Morgan fingerprint density at radius 2 is 2.16 bits per heavy atom. The van der Waals surface area contributed by atoms with E-state index < -0.39 is 0 Å². The van der Waals surface area contributed by atoms with Gasteiger partial charge in [-0.1, -0.05) is 6.07 Å². The lowest BCUT2D eigenvalue weighted by atomic mass is 10.1. The van der Waals surface area contributed by atoms with Crippen LogP contribution in [-0.4, -0.2) is 47.9 Å². The molecule has 2 saturated heterocycles. The predicted octanol–water partition coefficient (Wildman–Crippen LogP) is 1.50. The minimum Gasteiger partial charge on any atom is -0.398 e. The third-order valence-corrected chi connectivity index (χ3v) is 4.40. The van der Waals surface area contributed by atoms with Gasteiger partial charge in [0.2, 0.25) is 0 Å². The standard InChI is InChI=1S/C15H21N3O/c1-11-4-5-12(9-14(11)16)15(19)18-8-7-17-6-2-3-13(17)10-18/h4-5,9,13H,2-3,6-8,10,16H2,1H3. The number of aryl methyl sites for hydroxylation is 1. The van der Waals surface area contributed by atoms with E-state index in [0.717, 1.165) is 30.8 Å². The maximum atomic E-state index is 12.5. The number of fused-ring (bicyclic) bond motifs is 1. The van der Waals surface area contributed by atoms with Crippen molar-refractivity contribution in [2.45, 2.75) is 25.8 Å². The molecular weight excluding hydrogens is 238 g/mol. The molecule has 2 heterocycles. The maximum absolute atomic E-state index is 12.5. The minimum absolute atomic E-state index is 0.123. The van der Waals surface area contributed by atoms with Crippen LogP contribution in [-0.2, 0) is 0 Å². The summed E-state index contributed by atoms with van der Waals surface area (Å²) in [6.45, 7) is 5.87. The number of nitrogen functional groups attached to an aromatic ring is 1. The zero-order valence-corrected chi connectivity index (χ0v) is 11.4. The molecule has 0 aliphatic carbocycles. The van der Waals surface area contributed by atoms with Crippen LogP contribution in [0, 0.1) is 6.92 Å². The summed E-state index contributed by atoms with van der Waals surface area (Å²) in [5.74, 6) is 0.123. The van der Waals surface area contributed by atoms with E-state index in [4.69, 9.17) is 5.73 Å². The van der Waals surface area contributed by atoms with Crippen LogP contribution in [0.3, 0.4) is 0 Å². The van der Waals surface area contributed by atoms with Crippen LogP contribution in [0.25, 0.3) is 0 Å². The molecule has 2 aliphatic heterocycles. The monoisotopic (exact) mass is 259 g/mol. The lowest BCUT2D eigenvalue weighted by Gasteiger charge is -2.37. The summed E-state index contributed by atoms with van der Waals surface area (Å²) in [7, 11) is 0. The minimum atomic E-state index is 0.123. The van der Waals surface area contributed by atoms with Gasteiger partial charge in [0.15, 0.2) is 0 Å². The number of nitrogens with zero attached hydrogens (tertiary/aromatic N) is 2.